The van der Waals surface area contributed by atoms with E-state index < -0.39 is 0 Å². The Morgan fingerprint density at radius 1 is 1.06 bits per heavy atom. The van der Waals surface area contributed by atoms with Gasteiger partial charge in [0, 0.05) is 16.1 Å². The van der Waals surface area contributed by atoms with Crippen molar-refractivity contribution in [1.29, 1.82) is 0 Å². The largest absolute Gasteiger partial charge is 0.289 e. The summed E-state index contributed by atoms with van der Waals surface area (Å²) in [6.45, 7) is 4.02. The minimum absolute atomic E-state index is 0.0135. The predicted octanol–water partition coefficient (Wildman–Crippen LogP) is 4.44. The maximum atomic E-state index is 12.3. The average molecular weight is 259 g/mol. The van der Waals surface area contributed by atoms with E-state index in [-0.39, 0.29) is 5.78 Å². The van der Waals surface area contributed by atoms with E-state index in [4.69, 9.17) is 11.6 Å². The lowest BCUT2D eigenvalue weighted by molar-refractivity contribution is 0.103. The molecule has 0 heterocycles. The first-order valence-corrected chi connectivity index (χ1v) is 6.39. The van der Waals surface area contributed by atoms with Crippen LogP contribution in [0.2, 0.25) is 5.02 Å². The smallest absolute Gasteiger partial charge is 0.193 e. The average Bonchev–Trinajstić information content (AvgIpc) is 2.41. The summed E-state index contributed by atoms with van der Waals surface area (Å²) in [4.78, 5) is 12.3. The number of ketones is 1. The zero-order valence-electron chi connectivity index (χ0n) is 10.5. The van der Waals surface area contributed by atoms with Gasteiger partial charge >= 0.3 is 0 Å². The van der Waals surface area contributed by atoms with Gasteiger partial charge in [-0.2, -0.15) is 0 Å². The van der Waals surface area contributed by atoms with Crippen molar-refractivity contribution >= 4 is 17.4 Å². The van der Waals surface area contributed by atoms with E-state index in [2.05, 4.69) is 6.92 Å². The predicted molar refractivity (Wildman–Crippen MR) is 75.4 cm³/mol. The van der Waals surface area contributed by atoms with Crippen LogP contribution < -0.4 is 0 Å². The molecule has 0 spiro atoms. The molecule has 0 bridgehead atoms. The molecule has 0 amide bonds. The molecule has 2 aromatic rings. The Balaban J connectivity index is 2.32. The van der Waals surface area contributed by atoms with Crippen molar-refractivity contribution in [2.75, 3.05) is 0 Å². The highest BCUT2D eigenvalue weighted by Crippen LogP contribution is 2.19. The van der Waals surface area contributed by atoms with Crippen LogP contribution in [0.1, 0.15) is 34.0 Å². The van der Waals surface area contributed by atoms with Gasteiger partial charge in [0.2, 0.25) is 0 Å². The molecule has 0 aliphatic carbocycles. The Bertz CT molecular complexity index is 570. The number of benzene rings is 2. The van der Waals surface area contributed by atoms with E-state index >= 15 is 0 Å². The Kier molecular flexibility index (Phi) is 3.83. The van der Waals surface area contributed by atoms with Gasteiger partial charge in [0.05, 0.1) is 0 Å². The second-order valence-electron chi connectivity index (χ2n) is 4.34. The van der Waals surface area contributed by atoms with Gasteiger partial charge < -0.3 is 0 Å². The Labute approximate surface area is 112 Å². The summed E-state index contributed by atoms with van der Waals surface area (Å²) in [5.41, 5.74) is 3.55. The van der Waals surface area contributed by atoms with Crippen molar-refractivity contribution in [2.45, 2.75) is 20.3 Å². The molecule has 1 nitrogen and oxygen atoms in total. The van der Waals surface area contributed by atoms with Crippen molar-refractivity contribution in [1.82, 2.24) is 0 Å². The Hall–Kier alpha value is -1.60. The fourth-order valence-electron chi connectivity index (χ4n) is 1.79. The quantitative estimate of drug-likeness (QED) is 0.744. The van der Waals surface area contributed by atoms with Crippen molar-refractivity contribution in [2.24, 2.45) is 0 Å². The monoisotopic (exact) mass is 258 g/mol. The fourth-order valence-corrected chi connectivity index (χ4v) is 1.97. The van der Waals surface area contributed by atoms with E-state index in [1.807, 2.05) is 43.3 Å². The number of halogens is 1. The maximum absolute atomic E-state index is 12.3. The molecular formula is C16H15ClO. The summed E-state index contributed by atoms with van der Waals surface area (Å²) in [7, 11) is 0. The van der Waals surface area contributed by atoms with Gasteiger partial charge in [-0.15, -0.1) is 0 Å². The van der Waals surface area contributed by atoms with Crippen LogP contribution in [0.5, 0.6) is 0 Å². The molecular weight excluding hydrogens is 244 g/mol. The van der Waals surface area contributed by atoms with Gasteiger partial charge in [-0.1, -0.05) is 54.9 Å². The summed E-state index contributed by atoms with van der Waals surface area (Å²) in [5, 5.41) is 0.631. The summed E-state index contributed by atoms with van der Waals surface area (Å²) >= 11 is 6.04. The summed E-state index contributed by atoms with van der Waals surface area (Å²) in [6, 6.07) is 13.1. The van der Waals surface area contributed by atoms with E-state index in [0.717, 1.165) is 12.0 Å². The van der Waals surface area contributed by atoms with Crippen LogP contribution in [0.15, 0.2) is 42.5 Å². The molecule has 0 atom stereocenters. The third-order valence-corrected chi connectivity index (χ3v) is 3.47. The molecule has 92 valence electrons. The Morgan fingerprint density at radius 3 is 2.22 bits per heavy atom. The van der Waals surface area contributed by atoms with Gasteiger partial charge in [-0.25, -0.2) is 0 Å². The van der Waals surface area contributed by atoms with Crippen molar-refractivity contribution in [3.8, 4) is 0 Å². The van der Waals surface area contributed by atoms with Crippen LogP contribution in [-0.4, -0.2) is 5.78 Å². The molecule has 2 aromatic carbocycles. The van der Waals surface area contributed by atoms with E-state index in [1.54, 1.807) is 6.07 Å². The molecule has 0 aromatic heterocycles. The molecule has 18 heavy (non-hydrogen) atoms. The van der Waals surface area contributed by atoms with E-state index in [0.29, 0.717) is 16.1 Å². The number of rotatable bonds is 3. The number of carbonyl (C=O) groups is 1. The zero-order chi connectivity index (χ0) is 13.1. The lowest BCUT2D eigenvalue weighted by atomic mass is 10.0. The molecule has 0 saturated carbocycles. The first-order chi connectivity index (χ1) is 8.61. The van der Waals surface area contributed by atoms with Crippen molar-refractivity contribution in [3.63, 3.8) is 0 Å². The summed E-state index contributed by atoms with van der Waals surface area (Å²) < 4.78 is 0. The van der Waals surface area contributed by atoms with Gasteiger partial charge in [0.15, 0.2) is 5.78 Å². The number of carbonyl (C=O) groups excluding carboxylic acids is 1. The standard InChI is InChI=1S/C16H15ClO/c1-3-12-5-8-13(9-6-12)16(18)14-7-4-11(2)15(17)10-14/h4-10H,3H2,1-2H3. The normalized spacial score (nSPS) is 10.4. The minimum Gasteiger partial charge on any atom is -0.289 e. The zero-order valence-corrected chi connectivity index (χ0v) is 11.3. The number of hydrogen-bond donors (Lipinski definition) is 0. The van der Waals surface area contributed by atoms with Crippen LogP contribution in [-0.2, 0) is 6.42 Å². The number of hydrogen-bond acceptors (Lipinski definition) is 1. The van der Waals surface area contributed by atoms with Gasteiger partial charge in [0.25, 0.3) is 0 Å². The molecule has 0 aliphatic heterocycles. The van der Waals surface area contributed by atoms with Crippen LogP contribution in [0.4, 0.5) is 0 Å². The van der Waals surface area contributed by atoms with Crippen LogP contribution in [0, 0.1) is 6.92 Å². The summed E-state index contributed by atoms with van der Waals surface area (Å²) in [5.74, 6) is 0.0135. The van der Waals surface area contributed by atoms with Gasteiger partial charge in [0.1, 0.15) is 0 Å². The van der Waals surface area contributed by atoms with E-state index in [9.17, 15) is 4.79 Å². The molecule has 0 unspecified atom stereocenters. The lowest BCUT2D eigenvalue weighted by Crippen LogP contribution is -2.01. The summed E-state index contributed by atoms with van der Waals surface area (Å²) in [6.07, 6.45) is 0.977. The molecule has 0 saturated heterocycles. The third-order valence-electron chi connectivity index (χ3n) is 3.06. The third kappa shape index (κ3) is 2.62. The van der Waals surface area contributed by atoms with Gasteiger partial charge in [-0.05, 0) is 30.5 Å². The van der Waals surface area contributed by atoms with Crippen LogP contribution in [0.3, 0.4) is 0 Å². The SMILES string of the molecule is CCc1ccc(C(=O)c2ccc(C)c(Cl)c2)cc1. The lowest BCUT2D eigenvalue weighted by Gasteiger charge is -2.04. The highest BCUT2D eigenvalue weighted by molar-refractivity contribution is 6.31. The number of aryl methyl sites for hydroxylation is 2. The van der Waals surface area contributed by atoms with Crippen LogP contribution >= 0.6 is 11.6 Å². The topological polar surface area (TPSA) is 17.1 Å². The highest BCUT2D eigenvalue weighted by Gasteiger charge is 2.10. The molecule has 0 fully saturated rings. The molecule has 0 N–H and O–H groups in total. The van der Waals surface area contributed by atoms with E-state index in [1.165, 1.54) is 5.56 Å². The fraction of sp³-hybridized carbons (Fsp3) is 0.188. The Morgan fingerprint density at radius 2 is 1.67 bits per heavy atom. The van der Waals surface area contributed by atoms with Crippen molar-refractivity contribution < 1.29 is 4.79 Å². The minimum atomic E-state index is 0.0135. The first-order valence-electron chi connectivity index (χ1n) is 6.01. The van der Waals surface area contributed by atoms with Crippen molar-refractivity contribution in [3.05, 3.63) is 69.7 Å². The van der Waals surface area contributed by atoms with Gasteiger partial charge in [-0.3, -0.25) is 4.79 Å². The second-order valence-corrected chi connectivity index (χ2v) is 4.75. The highest BCUT2D eigenvalue weighted by atomic mass is 35.5. The molecule has 0 radical (unpaired) electrons. The maximum Gasteiger partial charge on any atom is 0.193 e. The first kappa shape index (κ1) is 12.8. The second kappa shape index (κ2) is 5.36. The molecule has 2 heteroatoms. The van der Waals surface area contributed by atoms with Crippen LogP contribution in [0.25, 0.3) is 0 Å². The molecule has 0 aliphatic rings. The molecule has 2 rings (SSSR count).